The summed E-state index contributed by atoms with van der Waals surface area (Å²) in [6.07, 6.45) is 4.87. The van der Waals surface area contributed by atoms with Crippen molar-refractivity contribution < 1.29 is 4.74 Å². The molecule has 17 heavy (non-hydrogen) atoms. The summed E-state index contributed by atoms with van der Waals surface area (Å²) in [5.74, 6) is 0. The summed E-state index contributed by atoms with van der Waals surface area (Å²) in [6, 6.07) is 5.99. The maximum absolute atomic E-state index is 5.71. The van der Waals surface area contributed by atoms with Gasteiger partial charge in [-0.05, 0) is 43.5 Å². The van der Waals surface area contributed by atoms with Crippen LogP contribution in [0, 0.1) is 6.92 Å². The molecular formula is C14H24N2O. The molecule has 0 aliphatic rings. The van der Waals surface area contributed by atoms with Gasteiger partial charge in [0.05, 0.1) is 0 Å². The zero-order chi connectivity index (χ0) is 12.5. The lowest BCUT2D eigenvalue weighted by molar-refractivity contribution is 0.192. The Morgan fingerprint density at radius 1 is 1.18 bits per heavy atom. The molecule has 3 heteroatoms. The maximum Gasteiger partial charge on any atom is 0.0462 e. The second kappa shape index (κ2) is 7.96. The molecule has 0 atom stereocenters. The van der Waals surface area contributed by atoms with E-state index in [1.807, 2.05) is 12.1 Å². The van der Waals surface area contributed by atoms with Crippen molar-refractivity contribution >= 4 is 11.4 Å². The van der Waals surface area contributed by atoms with Crippen LogP contribution >= 0.6 is 0 Å². The number of ether oxygens (including phenoxy) is 1. The summed E-state index contributed by atoms with van der Waals surface area (Å²) in [4.78, 5) is 0. The summed E-state index contributed by atoms with van der Waals surface area (Å²) in [5.41, 5.74) is 8.94. The van der Waals surface area contributed by atoms with E-state index in [2.05, 4.69) is 18.3 Å². The Morgan fingerprint density at radius 2 is 1.94 bits per heavy atom. The fourth-order valence-electron chi connectivity index (χ4n) is 1.83. The molecule has 0 amide bonds. The molecule has 3 N–H and O–H groups in total. The zero-order valence-corrected chi connectivity index (χ0v) is 11.0. The van der Waals surface area contributed by atoms with E-state index in [0.29, 0.717) is 0 Å². The Labute approximate surface area is 104 Å². The first-order valence-corrected chi connectivity index (χ1v) is 6.33. The van der Waals surface area contributed by atoms with Gasteiger partial charge in [0.2, 0.25) is 0 Å². The maximum atomic E-state index is 5.71. The van der Waals surface area contributed by atoms with Crippen molar-refractivity contribution in [2.45, 2.75) is 32.6 Å². The fraction of sp³-hybridized carbons (Fsp3) is 0.571. The van der Waals surface area contributed by atoms with Crippen LogP contribution in [0.25, 0.3) is 0 Å². The number of nitrogen functional groups attached to an aromatic ring is 1. The lowest BCUT2D eigenvalue weighted by Crippen LogP contribution is -2.03. The smallest absolute Gasteiger partial charge is 0.0462 e. The first kappa shape index (κ1) is 13.8. The molecule has 0 aliphatic carbocycles. The predicted octanol–water partition coefficient (Wildman–Crippen LogP) is 3.20. The molecule has 0 unspecified atom stereocenters. The first-order chi connectivity index (χ1) is 8.24. The van der Waals surface area contributed by atoms with Crippen molar-refractivity contribution in [3.05, 3.63) is 23.8 Å². The highest BCUT2D eigenvalue weighted by atomic mass is 16.5. The van der Waals surface area contributed by atoms with E-state index < -0.39 is 0 Å². The van der Waals surface area contributed by atoms with Gasteiger partial charge in [0, 0.05) is 31.6 Å². The van der Waals surface area contributed by atoms with Crippen LogP contribution in [-0.4, -0.2) is 20.3 Å². The van der Waals surface area contributed by atoms with E-state index >= 15 is 0 Å². The Kier molecular flexibility index (Phi) is 6.48. The van der Waals surface area contributed by atoms with Gasteiger partial charge in [0.25, 0.3) is 0 Å². The van der Waals surface area contributed by atoms with Crippen molar-refractivity contribution in [3.63, 3.8) is 0 Å². The number of benzene rings is 1. The van der Waals surface area contributed by atoms with Gasteiger partial charge in [-0.1, -0.05) is 12.8 Å². The highest BCUT2D eigenvalue weighted by molar-refractivity contribution is 5.57. The number of hydrogen-bond donors (Lipinski definition) is 2. The average Bonchev–Trinajstić information content (AvgIpc) is 2.30. The third kappa shape index (κ3) is 5.59. The van der Waals surface area contributed by atoms with Gasteiger partial charge < -0.3 is 15.8 Å². The number of nitrogens with two attached hydrogens (primary N) is 1. The Balaban J connectivity index is 2.14. The van der Waals surface area contributed by atoms with Crippen LogP contribution in [0.3, 0.4) is 0 Å². The second-order valence-corrected chi connectivity index (χ2v) is 4.41. The normalized spacial score (nSPS) is 10.5. The molecule has 0 aromatic heterocycles. The SMILES string of the molecule is COCCCCCCNc1ccc(N)cc1C. The van der Waals surface area contributed by atoms with Crippen molar-refractivity contribution in [1.82, 2.24) is 0 Å². The summed E-state index contributed by atoms with van der Waals surface area (Å²) in [6.45, 7) is 3.99. The number of unbranched alkanes of at least 4 members (excludes halogenated alkanes) is 3. The van der Waals surface area contributed by atoms with Crippen LogP contribution in [0.5, 0.6) is 0 Å². The molecule has 0 spiro atoms. The Hall–Kier alpha value is -1.22. The number of anilines is 2. The van der Waals surface area contributed by atoms with Gasteiger partial charge in [-0.15, -0.1) is 0 Å². The van der Waals surface area contributed by atoms with Crippen molar-refractivity contribution in [2.24, 2.45) is 0 Å². The van der Waals surface area contributed by atoms with Crippen molar-refractivity contribution in [1.29, 1.82) is 0 Å². The minimum Gasteiger partial charge on any atom is -0.399 e. The molecule has 1 rings (SSSR count). The Bertz CT molecular complexity index is 326. The zero-order valence-electron chi connectivity index (χ0n) is 11.0. The number of methoxy groups -OCH3 is 1. The van der Waals surface area contributed by atoms with Crippen LogP contribution in [0.2, 0.25) is 0 Å². The van der Waals surface area contributed by atoms with E-state index in [9.17, 15) is 0 Å². The van der Waals surface area contributed by atoms with Gasteiger partial charge in [0.1, 0.15) is 0 Å². The van der Waals surface area contributed by atoms with Crippen LogP contribution in [0.1, 0.15) is 31.2 Å². The van der Waals surface area contributed by atoms with Crippen LogP contribution in [-0.2, 0) is 4.74 Å². The van der Waals surface area contributed by atoms with E-state index in [4.69, 9.17) is 10.5 Å². The predicted molar refractivity (Wildman–Crippen MR) is 74.4 cm³/mol. The van der Waals surface area contributed by atoms with Crippen LogP contribution < -0.4 is 11.1 Å². The van der Waals surface area contributed by atoms with Gasteiger partial charge in [-0.25, -0.2) is 0 Å². The highest BCUT2D eigenvalue weighted by Gasteiger charge is 1.97. The molecule has 0 saturated heterocycles. The van der Waals surface area contributed by atoms with E-state index in [0.717, 1.165) is 25.3 Å². The minimum atomic E-state index is 0.826. The van der Waals surface area contributed by atoms with Gasteiger partial charge >= 0.3 is 0 Å². The third-order valence-corrected chi connectivity index (χ3v) is 2.84. The van der Waals surface area contributed by atoms with Crippen molar-refractivity contribution in [2.75, 3.05) is 31.3 Å². The first-order valence-electron chi connectivity index (χ1n) is 6.33. The summed E-state index contributed by atoms with van der Waals surface area (Å²) in [7, 11) is 1.76. The molecule has 0 aliphatic heterocycles. The average molecular weight is 236 g/mol. The monoisotopic (exact) mass is 236 g/mol. The van der Waals surface area contributed by atoms with Crippen LogP contribution in [0.4, 0.5) is 11.4 Å². The number of nitrogens with one attached hydrogen (secondary N) is 1. The van der Waals surface area contributed by atoms with E-state index in [-0.39, 0.29) is 0 Å². The lowest BCUT2D eigenvalue weighted by Gasteiger charge is -2.09. The Morgan fingerprint density at radius 3 is 2.65 bits per heavy atom. The molecule has 0 heterocycles. The summed E-state index contributed by atoms with van der Waals surface area (Å²) >= 11 is 0. The molecule has 96 valence electrons. The summed E-state index contributed by atoms with van der Waals surface area (Å²) < 4.78 is 5.02. The molecule has 0 bridgehead atoms. The molecular weight excluding hydrogens is 212 g/mol. The van der Waals surface area contributed by atoms with Gasteiger partial charge in [-0.3, -0.25) is 0 Å². The van der Waals surface area contributed by atoms with Crippen LogP contribution in [0.15, 0.2) is 18.2 Å². The fourth-order valence-corrected chi connectivity index (χ4v) is 1.83. The molecule has 1 aromatic rings. The number of rotatable bonds is 8. The number of aryl methyl sites for hydroxylation is 1. The standard InChI is InChI=1S/C14H24N2O/c1-12-11-13(15)7-8-14(12)16-9-5-3-4-6-10-17-2/h7-8,11,16H,3-6,9-10,15H2,1-2H3. The molecule has 0 radical (unpaired) electrons. The quantitative estimate of drug-likeness (QED) is 0.538. The molecule has 0 fully saturated rings. The lowest BCUT2D eigenvalue weighted by atomic mass is 10.1. The van der Waals surface area contributed by atoms with Gasteiger partial charge in [-0.2, -0.15) is 0 Å². The molecule has 3 nitrogen and oxygen atoms in total. The highest BCUT2D eigenvalue weighted by Crippen LogP contribution is 2.17. The summed E-state index contributed by atoms with van der Waals surface area (Å²) in [5, 5.41) is 3.44. The van der Waals surface area contributed by atoms with E-state index in [1.54, 1.807) is 7.11 Å². The largest absolute Gasteiger partial charge is 0.399 e. The minimum absolute atomic E-state index is 0.826. The van der Waals surface area contributed by atoms with Crippen molar-refractivity contribution in [3.8, 4) is 0 Å². The molecule has 1 aromatic carbocycles. The third-order valence-electron chi connectivity index (χ3n) is 2.84. The number of hydrogen-bond acceptors (Lipinski definition) is 3. The second-order valence-electron chi connectivity index (χ2n) is 4.41. The topological polar surface area (TPSA) is 47.3 Å². The van der Waals surface area contributed by atoms with Gasteiger partial charge in [0.15, 0.2) is 0 Å². The molecule has 0 saturated carbocycles. The van der Waals surface area contributed by atoms with E-state index in [1.165, 1.54) is 30.5 Å².